The van der Waals surface area contributed by atoms with Gasteiger partial charge >= 0.3 is 0 Å². The van der Waals surface area contributed by atoms with Crippen molar-refractivity contribution in [3.63, 3.8) is 0 Å². The van der Waals surface area contributed by atoms with Crippen molar-refractivity contribution in [3.05, 3.63) is 70.8 Å². The third-order valence-electron chi connectivity index (χ3n) is 3.79. The molecule has 0 saturated heterocycles. The van der Waals surface area contributed by atoms with E-state index in [1.807, 2.05) is 0 Å². The molecule has 1 amide bonds. The molecule has 0 heterocycles. The molecule has 2 aromatic rings. The highest BCUT2D eigenvalue weighted by Crippen LogP contribution is 2.22. The highest BCUT2D eigenvalue weighted by Gasteiger charge is 2.29. The molecular formula is C19H18F4N2O. The number of amides is 1. The van der Waals surface area contributed by atoms with Gasteiger partial charge < -0.3 is 5.32 Å². The Morgan fingerprint density at radius 3 is 1.54 bits per heavy atom. The van der Waals surface area contributed by atoms with E-state index in [1.54, 1.807) is 6.92 Å². The van der Waals surface area contributed by atoms with E-state index in [0.717, 1.165) is 36.4 Å². The van der Waals surface area contributed by atoms with Gasteiger partial charge in [-0.15, -0.1) is 0 Å². The van der Waals surface area contributed by atoms with Crippen molar-refractivity contribution >= 4 is 11.6 Å². The summed E-state index contributed by atoms with van der Waals surface area (Å²) in [6.07, 6.45) is -0.00232. The average molecular weight is 366 g/mol. The SMILES string of the molecule is CC(=N)C(=O)NC(C)(Cc1cc(F)cc(F)c1)Cc1cc(F)cc(F)c1. The molecule has 0 saturated carbocycles. The molecule has 0 aliphatic carbocycles. The Morgan fingerprint density at radius 2 is 1.23 bits per heavy atom. The standard InChI is InChI=1S/C19H18F4N2O/c1-11(24)18(26)25-19(2,9-12-3-14(20)7-15(21)4-12)10-13-5-16(22)8-17(23)6-13/h3-8,24H,9-10H2,1-2H3,(H,25,26). The van der Waals surface area contributed by atoms with Crippen LogP contribution in [0.1, 0.15) is 25.0 Å². The molecule has 0 radical (unpaired) electrons. The lowest BCUT2D eigenvalue weighted by molar-refractivity contribution is -0.116. The molecule has 0 fully saturated rings. The molecule has 7 heteroatoms. The van der Waals surface area contributed by atoms with E-state index in [-0.39, 0.29) is 29.7 Å². The minimum absolute atomic E-state index is 0.00116. The van der Waals surface area contributed by atoms with Crippen LogP contribution in [0.15, 0.2) is 36.4 Å². The Labute approximate surface area is 148 Å². The highest BCUT2D eigenvalue weighted by molar-refractivity contribution is 6.36. The molecule has 3 nitrogen and oxygen atoms in total. The minimum atomic E-state index is -1.13. The largest absolute Gasteiger partial charge is 0.345 e. The first-order valence-electron chi connectivity index (χ1n) is 7.84. The number of hydrogen-bond acceptors (Lipinski definition) is 2. The summed E-state index contributed by atoms with van der Waals surface area (Å²) in [6.45, 7) is 2.87. The normalized spacial score (nSPS) is 11.3. The van der Waals surface area contributed by atoms with Gasteiger partial charge in [0.1, 0.15) is 23.3 Å². The van der Waals surface area contributed by atoms with Gasteiger partial charge in [0, 0.05) is 17.7 Å². The second-order valence-electron chi connectivity index (χ2n) is 6.55. The van der Waals surface area contributed by atoms with Crippen LogP contribution in [-0.2, 0) is 17.6 Å². The summed E-state index contributed by atoms with van der Waals surface area (Å²) >= 11 is 0. The summed E-state index contributed by atoms with van der Waals surface area (Å²) in [5, 5.41) is 10.0. The van der Waals surface area contributed by atoms with E-state index in [1.165, 1.54) is 6.92 Å². The molecule has 26 heavy (non-hydrogen) atoms. The maximum absolute atomic E-state index is 13.5. The Balaban J connectivity index is 2.37. The Bertz CT molecular complexity index is 757. The van der Waals surface area contributed by atoms with Crippen molar-refractivity contribution < 1.29 is 22.4 Å². The fourth-order valence-corrected chi connectivity index (χ4v) is 2.85. The lowest BCUT2D eigenvalue weighted by Gasteiger charge is -2.31. The van der Waals surface area contributed by atoms with Gasteiger partial charge in [-0.25, -0.2) is 17.6 Å². The van der Waals surface area contributed by atoms with Gasteiger partial charge in [-0.05, 0) is 62.1 Å². The van der Waals surface area contributed by atoms with Crippen LogP contribution >= 0.6 is 0 Å². The van der Waals surface area contributed by atoms with Crippen LogP contribution in [0.3, 0.4) is 0 Å². The van der Waals surface area contributed by atoms with Crippen LogP contribution in [-0.4, -0.2) is 17.2 Å². The summed E-state index contributed by atoms with van der Waals surface area (Å²) in [4.78, 5) is 12.0. The van der Waals surface area contributed by atoms with Gasteiger partial charge in [0.2, 0.25) is 0 Å². The molecule has 138 valence electrons. The zero-order chi connectivity index (χ0) is 19.5. The first-order valence-corrected chi connectivity index (χ1v) is 7.84. The Hall–Kier alpha value is -2.70. The smallest absolute Gasteiger partial charge is 0.265 e. The molecular weight excluding hydrogens is 348 g/mol. The monoisotopic (exact) mass is 366 g/mol. The predicted molar refractivity (Wildman–Crippen MR) is 90.1 cm³/mol. The van der Waals surface area contributed by atoms with E-state index in [0.29, 0.717) is 0 Å². The molecule has 0 bridgehead atoms. The second-order valence-corrected chi connectivity index (χ2v) is 6.55. The Kier molecular flexibility index (Phi) is 5.79. The average Bonchev–Trinajstić information content (AvgIpc) is 2.43. The van der Waals surface area contributed by atoms with Gasteiger partial charge in [-0.1, -0.05) is 0 Å². The van der Waals surface area contributed by atoms with Crippen LogP contribution in [0, 0.1) is 28.7 Å². The summed E-state index contributed by atoms with van der Waals surface area (Å²) in [5.74, 6) is -3.76. The summed E-state index contributed by atoms with van der Waals surface area (Å²) in [5.41, 5.74) is -0.846. The van der Waals surface area contributed by atoms with Gasteiger partial charge in [-0.2, -0.15) is 0 Å². The van der Waals surface area contributed by atoms with Crippen molar-refractivity contribution in [2.75, 3.05) is 0 Å². The van der Waals surface area contributed by atoms with E-state index < -0.39 is 34.7 Å². The van der Waals surface area contributed by atoms with E-state index in [4.69, 9.17) is 5.41 Å². The van der Waals surface area contributed by atoms with E-state index in [2.05, 4.69) is 5.32 Å². The quantitative estimate of drug-likeness (QED) is 0.590. The maximum atomic E-state index is 13.5. The van der Waals surface area contributed by atoms with Crippen molar-refractivity contribution in [1.29, 1.82) is 5.41 Å². The zero-order valence-corrected chi connectivity index (χ0v) is 14.3. The first kappa shape index (κ1) is 19.6. The molecule has 0 aliphatic rings. The minimum Gasteiger partial charge on any atom is -0.345 e. The van der Waals surface area contributed by atoms with Crippen molar-refractivity contribution in [2.45, 2.75) is 32.2 Å². The lowest BCUT2D eigenvalue weighted by Crippen LogP contribution is -2.51. The predicted octanol–water partition coefficient (Wildman–Crippen LogP) is 3.94. The molecule has 0 atom stereocenters. The Morgan fingerprint density at radius 1 is 0.885 bits per heavy atom. The van der Waals surface area contributed by atoms with Crippen molar-refractivity contribution in [3.8, 4) is 0 Å². The molecule has 0 unspecified atom stereocenters. The topological polar surface area (TPSA) is 53.0 Å². The van der Waals surface area contributed by atoms with E-state index in [9.17, 15) is 22.4 Å². The fraction of sp³-hybridized carbons (Fsp3) is 0.263. The number of benzene rings is 2. The number of halogens is 4. The number of carbonyl (C=O) groups is 1. The van der Waals surface area contributed by atoms with Gasteiger partial charge in [0.05, 0.1) is 5.71 Å². The van der Waals surface area contributed by atoms with Gasteiger partial charge in [0.15, 0.2) is 0 Å². The first-order chi connectivity index (χ1) is 12.1. The third kappa shape index (κ3) is 5.40. The lowest BCUT2D eigenvalue weighted by atomic mass is 9.86. The number of rotatable bonds is 6. The summed E-state index contributed by atoms with van der Waals surface area (Å²) in [6, 6.07) is 5.94. The molecule has 0 spiro atoms. The highest BCUT2D eigenvalue weighted by atomic mass is 19.1. The third-order valence-corrected chi connectivity index (χ3v) is 3.79. The molecule has 2 N–H and O–H groups in total. The van der Waals surface area contributed by atoms with Crippen molar-refractivity contribution in [2.24, 2.45) is 0 Å². The number of hydrogen-bond donors (Lipinski definition) is 2. The molecule has 2 aromatic carbocycles. The van der Waals surface area contributed by atoms with Crippen LogP contribution in [0.5, 0.6) is 0 Å². The van der Waals surface area contributed by atoms with Gasteiger partial charge in [-0.3, -0.25) is 10.2 Å². The van der Waals surface area contributed by atoms with Crippen LogP contribution < -0.4 is 5.32 Å². The van der Waals surface area contributed by atoms with Crippen LogP contribution in [0.2, 0.25) is 0 Å². The second kappa shape index (κ2) is 7.68. The molecule has 0 aliphatic heterocycles. The summed E-state index contributed by atoms with van der Waals surface area (Å²) < 4.78 is 53.9. The van der Waals surface area contributed by atoms with Crippen LogP contribution in [0.4, 0.5) is 17.6 Å². The van der Waals surface area contributed by atoms with E-state index >= 15 is 0 Å². The molecule has 2 rings (SSSR count). The maximum Gasteiger partial charge on any atom is 0.265 e. The number of carbonyl (C=O) groups excluding carboxylic acids is 1. The fourth-order valence-electron chi connectivity index (χ4n) is 2.85. The van der Waals surface area contributed by atoms with Crippen LogP contribution in [0.25, 0.3) is 0 Å². The number of nitrogens with one attached hydrogen (secondary N) is 2. The zero-order valence-electron chi connectivity index (χ0n) is 14.3. The van der Waals surface area contributed by atoms with Crippen molar-refractivity contribution in [1.82, 2.24) is 5.32 Å². The van der Waals surface area contributed by atoms with Gasteiger partial charge in [0.25, 0.3) is 5.91 Å². The summed E-state index contributed by atoms with van der Waals surface area (Å²) in [7, 11) is 0. The molecule has 0 aromatic heterocycles.